The average Bonchev–Trinajstić information content (AvgIpc) is 2.73. The number of hydrogen-bond donors (Lipinski definition) is 2. The molecule has 0 aliphatic carbocycles. The minimum Gasteiger partial charge on any atom is -0.357 e. The topological polar surface area (TPSA) is 91.4 Å². The van der Waals surface area contributed by atoms with E-state index in [-0.39, 0.29) is 28.8 Å². The molecule has 1 aliphatic heterocycles. The molecular formula is C21H27ClN4O3S. The number of amides is 1. The van der Waals surface area contributed by atoms with Crippen LogP contribution in [-0.2, 0) is 21.4 Å². The number of carbonyl (C=O) groups excluding carboxylic acids is 1. The first kappa shape index (κ1) is 22.5. The van der Waals surface area contributed by atoms with Crippen molar-refractivity contribution in [2.75, 3.05) is 24.5 Å². The van der Waals surface area contributed by atoms with Crippen LogP contribution < -0.4 is 14.9 Å². The summed E-state index contributed by atoms with van der Waals surface area (Å²) in [5.41, 5.74) is 0.897. The number of nitrogens with one attached hydrogen (secondary N) is 2. The number of halogens is 1. The molecule has 1 aliphatic rings. The third-order valence-electron chi connectivity index (χ3n) is 5.18. The normalized spacial score (nSPS) is 15.2. The van der Waals surface area contributed by atoms with Gasteiger partial charge in [0.25, 0.3) is 0 Å². The lowest BCUT2D eigenvalue weighted by Crippen LogP contribution is -2.33. The van der Waals surface area contributed by atoms with Crippen LogP contribution in [0.15, 0.2) is 47.5 Å². The number of hydrogen-bond acceptors (Lipinski definition) is 5. The molecule has 0 radical (unpaired) electrons. The van der Waals surface area contributed by atoms with Gasteiger partial charge < -0.3 is 10.2 Å². The second-order valence-electron chi connectivity index (χ2n) is 7.55. The third kappa shape index (κ3) is 6.17. The van der Waals surface area contributed by atoms with Gasteiger partial charge in [0.2, 0.25) is 15.9 Å². The highest BCUT2D eigenvalue weighted by Crippen LogP contribution is 2.21. The van der Waals surface area contributed by atoms with Crippen molar-refractivity contribution in [3.63, 3.8) is 0 Å². The van der Waals surface area contributed by atoms with Gasteiger partial charge in [-0.05, 0) is 42.5 Å². The number of anilines is 1. The lowest BCUT2D eigenvalue weighted by atomic mass is 9.99. The van der Waals surface area contributed by atoms with E-state index in [1.165, 1.54) is 25.0 Å². The van der Waals surface area contributed by atoms with Crippen molar-refractivity contribution < 1.29 is 13.2 Å². The Bertz CT molecular complexity index is 958. The molecule has 1 fully saturated rings. The first-order valence-electron chi connectivity index (χ1n) is 10.1. The van der Waals surface area contributed by atoms with Crippen LogP contribution in [0.3, 0.4) is 0 Å². The smallest absolute Gasteiger partial charge is 0.242 e. The van der Waals surface area contributed by atoms with Crippen LogP contribution >= 0.6 is 11.6 Å². The second kappa shape index (κ2) is 10.2. The number of pyridine rings is 1. The highest BCUT2D eigenvalue weighted by atomic mass is 35.5. The van der Waals surface area contributed by atoms with Crippen molar-refractivity contribution in [2.24, 2.45) is 5.92 Å². The maximum absolute atomic E-state index is 12.3. The highest BCUT2D eigenvalue weighted by molar-refractivity contribution is 7.89. The Labute approximate surface area is 182 Å². The van der Waals surface area contributed by atoms with E-state index >= 15 is 0 Å². The second-order valence-corrected chi connectivity index (χ2v) is 9.69. The Morgan fingerprint density at radius 3 is 2.60 bits per heavy atom. The molecular weight excluding hydrogens is 424 g/mol. The van der Waals surface area contributed by atoms with Gasteiger partial charge in [-0.1, -0.05) is 36.7 Å². The molecule has 1 aromatic heterocycles. The van der Waals surface area contributed by atoms with Crippen LogP contribution in [0.5, 0.6) is 0 Å². The third-order valence-corrected chi connectivity index (χ3v) is 7.14. The van der Waals surface area contributed by atoms with Crippen molar-refractivity contribution in [1.82, 2.24) is 15.0 Å². The average molecular weight is 451 g/mol. The molecule has 7 nitrogen and oxygen atoms in total. The van der Waals surface area contributed by atoms with Gasteiger partial charge >= 0.3 is 0 Å². The Kier molecular flexibility index (Phi) is 7.69. The van der Waals surface area contributed by atoms with E-state index in [2.05, 4.69) is 26.8 Å². The summed E-state index contributed by atoms with van der Waals surface area (Å²) in [6.07, 6.45) is 4.16. The molecule has 1 saturated heterocycles. The van der Waals surface area contributed by atoms with E-state index in [0.717, 1.165) is 30.4 Å². The molecule has 0 spiro atoms. The summed E-state index contributed by atoms with van der Waals surface area (Å²) in [6, 6.07) is 10.1. The maximum Gasteiger partial charge on any atom is 0.242 e. The summed E-state index contributed by atoms with van der Waals surface area (Å²) in [4.78, 5) is 18.8. The van der Waals surface area contributed by atoms with E-state index in [1.807, 2.05) is 12.1 Å². The minimum absolute atomic E-state index is 0.00130. The number of benzene rings is 1. The highest BCUT2D eigenvalue weighted by Gasteiger charge is 2.18. The van der Waals surface area contributed by atoms with E-state index in [4.69, 9.17) is 11.6 Å². The summed E-state index contributed by atoms with van der Waals surface area (Å²) in [5, 5.41) is 2.93. The molecule has 30 heavy (non-hydrogen) atoms. The molecule has 9 heteroatoms. The fourth-order valence-corrected chi connectivity index (χ4v) is 4.82. The largest absolute Gasteiger partial charge is 0.357 e. The van der Waals surface area contributed by atoms with Crippen molar-refractivity contribution >= 4 is 33.3 Å². The first-order valence-corrected chi connectivity index (χ1v) is 11.9. The molecule has 2 heterocycles. The first-order chi connectivity index (χ1) is 14.3. The van der Waals surface area contributed by atoms with Gasteiger partial charge in [-0.2, -0.15) is 0 Å². The summed E-state index contributed by atoms with van der Waals surface area (Å²) in [7, 11) is -3.75. The number of nitrogens with zero attached hydrogens (tertiary/aromatic N) is 2. The number of aromatic nitrogens is 1. The fraction of sp³-hybridized carbons (Fsp3) is 0.429. The van der Waals surface area contributed by atoms with Crippen molar-refractivity contribution in [3.05, 3.63) is 53.2 Å². The van der Waals surface area contributed by atoms with Gasteiger partial charge in [-0.25, -0.2) is 18.1 Å². The van der Waals surface area contributed by atoms with Crippen LogP contribution in [-0.4, -0.2) is 38.9 Å². The maximum atomic E-state index is 12.3. The molecule has 0 unspecified atom stereocenters. The van der Waals surface area contributed by atoms with Crippen LogP contribution in [0.1, 0.15) is 31.7 Å². The lowest BCUT2D eigenvalue weighted by molar-refractivity contribution is -0.121. The zero-order valence-corrected chi connectivity index (χ0v) is 18.5. The Morgan fingerprint density at radius 2 is 1.93 bits per heavy atom. The van der Waals surface area contributed by atoms with Crippen molar-refractivity contribution in [3.8, 4) is 0 Å². The molecule has 1 aromatic carbocycles. The minimum atomic E-state index is -3.75. The van der Waals surface area contributed by atoms with Crippen LogP contribution in [0.4, 0.5) is 5.82 Å². The van der Waals surface area contributed by atoms with E-state index in [9.17, 15) is 13.2 Å². The summed E-state index contributed by atoms with van der Waals surface area (Å²) >= 11 is 5.93. The Morgan fingerprint density at radius 1 is 1.20 bits per heavy atom. The number of carbonyl (C=O) groups is 1. The fourth-order valence-electron chi connectivity index (χ4n) is 3.27. The predicted molar refractivity (Wildman–Crippen MR) is 118 cm³/mol. The summed E-state index contributed by atoms with van der Waals surface area (Å²) in [6.45, 7) is 4.66. The van der Waals surface area contributed by atoms with Crippen LogP contribution in [0, 0.1) is 5.92 Å². The Hall–Kier alpha value is -2.16. The quantitative estimate of drug-likeness (QED) is 0.645. The molecule has 162 valence electrons. The van der Waals surface area contributed by atoms with Gasteiger partial charge in [0.1, 0.15) is 10.7 Å². The lowest BCUT2D eigenvalue weighted by Gasteiger charge is -2.31. The molecule has 3 rings (SSSR count). The van der Waals surface area contributed by atoms with Crippen molar-refractivity contribution in [2.45, 2.75) is 37.6 Å². The molecule has 1 amide bonds. The molecule has 2 N–H and O–H groups in total. The van der Waals surface area contributed by atoms with E-state index in [1.54, 1.807) is 18.3 Å². The standard InChI is InChI=1S/C21H27ClN4O3S/c1-16-9-12-26(13-10-16)20-7-6-17(14-23-20)15-24-21(27)8-11-25-30(28,29)19-5-3-2-4-18(19)22/h2-7,14,16,25H,8-13,15H2,1H3,(H,24,27). The SMILES string of the molecule is CC1CCN(c2ccc(CNC(=O)CCNS(=O)(=O)c3ccccc3Cl)cn2)CC1. The predicted octanol–water partition coefficient (Wildman–Crippen LogP) is 2.96. The van der Waals surface area contributed by atoms with Gasteiger partial charge in [0, 0.05) is 38.8 Å². The molecule has 2 aromatic rings. The molecule has 0 atom stereocenters. The van der Waals surface area contributed by atoms with E-state index in [0.29, 0.717) is 6.54 Å². The van der Waals surface area contributed by atoms with Gasteiger partial charge in [-0.15, -0.1) is 0 Å². The van der Waals surface area contributed by atoms with E-state index < -0.39 is 10.0 Å². The van der Waals surface area contributed by atoms with Crippen LogP contribution in [0.2, 0.25) is 5.02 Å². The van der Waals surface area contributed by atoms with Gasteiger partial charge in [0.05, 0.1) is 5.02 Å². The molecule has 0 saturated carbocycles. The zero-order valence-electron chi connectivity index (χ0n) is 17.0. The van der Waals surface area contributed by atoms with Gasteiger partial charge in [-0.3, -0.25) is 4.79 Å². The Balaban J connectivity index is 1.42. The van der Waals surface area contributed by atoms with Gasteiger partial charge in [0.15, 0.2) is 0 Å². The monoisotopic (exact) mass is 450 g/mol. The zero-order chi connectivity index (χ0) is 21.6. The number of rotatable bonds is 8. The van der Waals surface area contributed by atoms with Crippen molar-refractivity contribution in [1.29, 1.82) is 0 Å². The number of sulfonamides is 1. The van der Waals surface area contributed by atoms with Crippen LogP contribution in [0.25, 0.3) is 0 Å². The number of piperidine rings is 1. The summed E-state index contributed by atoms with van der Waals surface area (Å²) < 4.78 is 26.9. The summed E-state index contributed by atoms with van der Waals surface area (Å²) in [5.74, 6) is 1.49. The molecule has 0 bridgehead atoms.